The van der Waals surface area contributed by atoms with Crippen molar-refractivity contribution in [2.75, 3.05) is 59.8 Å². The number of rotatable bonds is 14. The van der Waals surface area contributed by atoms with Crippen LogP contribution in [-0.2, 0) is 18.9 Å². The molecule has 0 rings (SSSR count). The molecule has 0 aromatic rings. The van der Waals surface area contributed by atoms with Crippen LogP contribution < -0.4 is 5.32 Å². The van der Waals surface area contributed by atoms with Crippen molar-refractivity contribution in [2.45, 2.75) is 26.1 Å². The lowest BCUT2D eigenvalue weighted by molar-refractivity contribution is -0.0475. The van der Waals surface area contributed by atoms with E-state index in [0.717, 1.165) is 6.54 Å². The summed E-state index contributed by atoms with van der Waals surface area (Å²) in [5.41, 5.74) is 0. The number of aliphatic hydroxyl groups is 1. The van der Waals surface area contributed by atoms with Gasteiger partial charge in [0.05, 0.1) is 52.4 Å². The van der Waals surface area contributed by atoms with Crippen molar-refractivity contribution in [2.24, 2.45) is 0 Å². The summed E-state index contributed by atoms with van der Waals surface area (Å²) in [6.07, 6.45) is -0.451. The van der Waals surface area contributed by atoms with E-state index in [1.54, 1.807) is 0 Å². The Bertz CT molecular complexity index is 180. The highest BCUT2D eigenvalue weighted by atomic mass is 16.5. The summed E-state index contributed by atoms with van der Waals surface area (Å²) in [5.74, 6) is 0. The van der Waals surface area contributed by atoms with Gasteiger partial charge in [-0.3, -0.25) is 0 Å². The summed E-state index contributed by atoms with van der Waals surface area (Å²) >= 11 is 0. The normalized spacial score (nSPS) is 13.1. The minimum atomic E-state index is -0.577. The molecule has 0 saturated heterocycles. The van der Waals surface area contributed by atoms with E-state index in [1.807, 2.05) is 20.9 Å². The molecular weight excluding hydrogens is 250 g/mol. The predicted octanol–water partition coefficient (Wildman–Crippen LogP) is 0.0415. The quantitative estimate of drug-likeness (QED) is 0.438. The lowest BCUT2D eigenvalue weighted by Gasteiger charge is -2.13. The first-order valence-corrected chi connectivity index (χ1v) is 6.84. The van der Waals surface area contributed by atoms with Crippen LogP contribution in [0.25, 0.3) is 0 Å². The molecular formula is C13H29NO5. The van der Waals surface area contributed by atoms with Gasteiger partial charge in [-0.25, -0.2) is 0 Å². The van der Waals surface area contributed by atoms with Gasteiger partial charge in [-0.05, 0) is 20.9 Å². The van der Waals surface area contributed by atoms with Gasteiger partial charge in [0.25, 0.3) is 0 Å². The van der Waals surface area contributed by atoms with E-state index in [1.165, 1.54) is 0 Å². The molecule has 0 aliphatic heterocycles. The average Bonchev–Trinajstić information content (AvgIpc) is 2.38. The van der Waals surface area contributed by atoms with Crippen molar-refractivity contribution >= 4 is 0 Å². The highest BCUT2D eigenvalue weighted by Crippen LogP contribution is 1.93. The SMILES string of the molecule is CNCCOCCOCCOCC(O)COC(C)C. The van der Waals surface area contributed by atoms with E-state index in [-0.39, 0.29) is 12.7 Å². The molecule has 0 aliphatic rings. The van der Waals surface area contributed by atoms with Gasteiger partial charge in [0, 0.05) is 6.54 Å². The summed E-state index contributed by atoms with van der Waals surface area (Å²) in [5, 5.41) is 12.5. The molecule has 0 aromatic heterocycles. The standard InChI is InChI=1S/C13H29NO5/c1-12(2)19-11-13(15)10-18-9-8-17-7-6-16-5-4-14-3/h12-15H,4-11H2,1-3H3. The Morgan fingerprint density at radius 2 is 1.47 bits per heavy atom. The number of likely N-dealkylation sites (N-methyl/N-ethyl adjacent to an activating group) is 1. The van der Waals surface area contributed by atoms with Crippen LogP contribution in [0.5, 0.6) is 0 Å². The molecule has 0 saturated carbocycles. The molecule has 2 N–H and O–H groups in total. The first-order chi connectivity index (χ1) is 9.16. The molecule has 1 atom stereocenters. The molecule has 0 radical (unpaired) electrons. The van der Waals surface area contributed by atoms with Crippen LogP contribution in [0, 0.1) is 0 Å². The van der Waals surface area contributed by atoms with Crippen LogP contribution in [0.15, 0.2) is 0 Å². The lowest BCUT2D eigenvalue weighted by atomic mass is 10.4. The Morgan fingerprint density at radius 1 is 0.895 bits per heavy atom. The third kappa shape index (κ3) is 15.7. The smallest absolute Gasteiger partial charge is 0.101 e. The summed E-state index contributed by atoms with van der Waals surface area (Å²) in [6.45, 7) is 8.10. The maximum absolute atomic E-state index is 9.50. The van der Waals surface area contributed by atoms with E-state index in [9.17, 15) is 5.11 Å². The summed E-state index contributed by atoms with van der Waals surface area (Å²) < 4.78 is 21.1. The van der Waals surface area contributed by atoms with Gasteiger partial charge in [-0.2, -0.15) is 0 Å². The Morgan fingerprint density at radius 3 is 2.05 bits per heavy atom. The molecule has 0 bridgehead atoms. The van der Waals surface area contributed by atoms with E-state index in [4.69, 9.17) is 18.9 Å². The van der Waals surface area contributed by atoms with Crippen LogP contribution >= 0.6 is 0 Å². The maximum atomic E-state index is 9.50. The third-order valence-electron chi connectivity index (χ3n) is 2.17. The summed E-state index contributed by atoms with van der Waals surface area (Å²) in [6, 6.07) is 0. The van der Waals surface area contributed by atoms with Crippen molar-refractivity contribution in [1.29, 1.82) is 0 Å². The topological polar surface area (TPSA) is 69.2 Å². The van der Waals surface area contributed by atoms with E-state index >= 15 is 0 Å². The first kappa shape index (κ1) is 18.8. The maximum Gasteiger partial charge on any atom is 0.101 e. The fraction of sp³-hybridized carbons (Fsp3) is 1.00. The number of aliphatic hydroxyl groups excluding tert-OH is 1. The van der Waals surface area contributed by atoms with Gasteiger partial charge < -0.3 is 29.4 Å². The molecule has 0 amide bonds. The second-order valence-corrected chi connectivity index (χ2v) is 4.44. The van der Waals surface area contributed by atoms with Crippen molar-refractivity contribution in [3.05, 3.63) is 0 Å². The lowest BCUT2D eigenvalue weighted by Crippen LogP contribution is -2.24. The number of ether oxygens (including phenoxy) is 4. The fourth-order valence-corrected chi connectivity index (χ4v) is 1.19. The second-order valence-electron chi connectivity index (χ2n) is 4.44. The Labute approximate surface area is 116 Å². The number of hydrogen-bond acceptors (Lipinski definition) is 6. The highest BCUT2D eigenvalue weighted by molar-refractivity contribution is 4.52. The molecule has 1 unspecified atom stereocenters. The Hall–Kier alpha value is -0.240. The zero-order valence-electron chi connectivity index (χ0n) is 12.4. The molecule has 0 heterocycles. The molecule has 6 nitrogen and oxygen atoms in total. The van der Waals surface area contributed by atoms with Gasteiger partial charge in [0.15, 0.2) is 0 Å². The van der Waals surface area contributed by atoms with Crippen molar-refractivity contribution < 1.29 is 24.1 Å². The van der Waals surface area contributed by atoms with Crippen LogP contribution in [0.2, 0.25) is 0 Å². The van der Waals surface area contributed by atoms with Crippen molar-refractivity contribution in [3.63, 3.8) is 0 Å². The summed E-state index contributed by atoms with van der Waals surface area (Å²) in [4.78, 5) is 0. The van der Waals surface area contributed by atoms with E-state index in [2.05, 4.69) is 5.32 Å². The average molecular weight is 279 g/mol. The first-order valence-electron chi connectivity index (χ1n) is 6.84. The monoisotopic (exact) mass is 279 g/mol. The third-order valence-corrected chi connectivity index (χ3v) is 2.17. The number of hydrogen-bond donors (Lipinski definition) is 2. The molecule has 0 aromatic carbocycles. The van der Waals surface area contributed by atoms with Crippen LogP contribution in [-0.4, -0.2) is 77.2 Å². The molecule has 116 valence electrons. The van der Waals surface area contributed by atoms with Gasteiger partial charge >= 0.3 is 0 Å². The minimum Gasteiger partial charge on any atom is -0.388 e. The highest BCUT2D eigenvalue weighted by Gasteiger charge is 2.05. The van der Waals surface area contributed by atoms with E-state index in [0.29, 0.717) is 39.6 Å². The molecule has 0 spiro atoms. The molecule has 0 aliphatic carbocycles. The van der Waals surface area contributed by atoms with Gasteiger partial charge in [0.1, 0.15) is 6.10 Å². The van der Waals surface area contributed by atoms with Gasteiger partial charge in [-0.1, -0.05) is 0 Å². The minimum absolute atomic E-state index is 0.126. The number of nitrogens with one attached hydrogen (secondary N) is 1. The summed E-state index contributed by atoms with van der Waals surface area (Å²) in [7, 11) is 1.89. The van der Waals surface area contributed by atoms with Crippen molar-refractivity contribution in [3.8, 4) is 0 Å². The van der Waals surface area contributed by atoms with Crippen LogP contribution in [0.1, 0.15) is 13.8 Å². The zero-order valence-corrected chi connectivity index (χ0v) is 12.4. The van der Waals surface area contributed by atoms with E-state index < -0.39 is 6.10 Å². The Kier molecular flexibility index (Phi) is 14.0. The molecule has 0 fully saturated rings. The van der Waals surface area contributed by atoms with Crippen LogP contribution in [0.3, 0.4) is 0 Å². The molecule has 19 heavy (non-hydrogen) atoms. The predicted molar refractivity (Wildman–Crippen MR) is 73.5 cm³/mol. The van der Waals surface area contributed by atoms with Gasteiger partial charge in [0.2, 0.25) is 0 Å². The largest absolute Gasteiger partial charge is 0.388 e. The fourth-order valence-electron chi connectivity index (χ4n) is 1.19. The van der Waals surface area contributed by atoms with Crippen molar-refractivity contribution in [1.82, 2.24) is 5.32 Å². The Balaban J connectivity index is 3.09. The molecule has 6 heteroatoms. The van der Waals surface area contributed by atoms with Crippen LogP contribution in [0.4, 0.5) is 0 Å². The zero-order chi connectivity index (χ0) is 14.3. The van der Waals surface area contributed by atoms with Gasteiger partial charge in [-0.15, -0.1) is 0 Å². The second kappa shape index (κ2) is 14.2.